The van der Waals surface area contributed by atoms with Crippen LogP contribution in [0.5, 0.6) is 0 Å². The van der Waals surface area contributed by atoms with Gasteiger partial charge in [-0.3, -0.25) is 0 Å². The van der Waals surface area contributed by atoms with E-state index in [0.717, 1.165) is 18.3 Å². The Balaban J connectivity index is 2.34. The molecule has 2 N–H and O–H groups in total. The van der Waals surface area contributed by atoms with Gasteiger partial charge in [0.15, 0.2) is 0 Å². The van der Waals surface area contributed by atoms with Crippen LogP contribution in [0.4, 0.5) is 0 Å². The second-order valence-corrected chi connectivity index (χ2v) is 5.65. The summed E-state index contributed by atoms with van der Waals surface area (Å²) in [5, 5.41) is 13.0. The fourth-order valence-corrected chi connectivity index (χ4v) is 2.71. The van der Waals surface area contributed by atoms with Crippen LogP contribution in [-0.2, 0) is 0 Å². The summed E-state index contributed by atoms with van der Waals surface area (Å²) in [7, 11) is 0. The first-order chi connectivity index (χ1) is 6.99. The van der Waals surface area contributed by atoms with Gasteiger partial charge in [0.25, 0.3) is 0 Å². The number of aliphatic hydroxyl groups excluding tert-OH is 1. The molecule has 1 rings (SSSR count). The Labute approximate surface area is 94.5 Å². The van der Waals surface area contributed by atoms with Crippen molar-refractivity contribution < 1.29 is 5.11 Å². The molecule has 2 heteroatoms. The molecule has 90 valence electrons. The molecule has 15 heavy (non-hydrogen) atoms. The molecule has 5 unspecified atom stereocenters. The van der Waals surface area contributed by atoms with Gasteiger partial charge in [-0.1, -0.05) is 20.3 Å². The number of nitrogens with one attached hydrogen (secondary N) is 1. The van der Waals surface area contributed by atoms with Crippen LogP contribution in [0.3, 0.4) is 0 Å². The maximum Gasteiger partial charge on any atom is 0.0526 e. The Morgan fingerprint density at radius 2 is 1.93 bits per heavy atom. The molecule has 0 amide bonds. The first-order valence-corrected chi connectivity index (χ1v) is 6.43. The lowest BCUT2D eigenvalue weighted by Crippen LogP contribution is -2.44. The van der Waals surface area contributed by atoms with Crippen molar-refractivity contribution in [1.82, 2.24) is 5.32 Å². The first-order valence-electron chi connectivity index (χ1n) is 6.43. The third-order valence-electron chi connectivity index (χ3n) is 3.65. The number of hydrogen-bond donors (Lipinski definition) is 2. The van der Waals surface area contributed by atoms with Crippen LogP contribution < -0.4 is 5.32 Å². The van der Waals surface area contributed by atoms with E-state index in [0.29, 0.717) is 12.1 Å². The molecule has 0 spiro atoms. The molecule has 0 aromatic rings. The zero-order valence-corrected chi connectivity index (χ0v) is 10.7. The van der Waals surface area contributed by atoms with Gasteiger partial charge < -0.3 is 10.4 Å². The largest absolute Gasteiger partial charge is 0.393 e. The number of aliphatic hydroxyl groups is 1. The van der Waals surface area contributed by atoms with Crippen LogP contribution in [0.1, 0.15) is 53.4 Å². The van der Waals surface area contributed by atoms with Gasteiger partial charge in [0, 0.05) is 12.1 Å². The van der Waals surface area contributed by atoms with Crippen LogP contribution >= 0.6 is 0 Å². The van der Waals surface area contributed by atoms with Crippen molar-refractivity contribution >= 4 is 0 Å². The highest BCUT2D eigenvalue weighted by molar-refractivity contribution is 4.83. The van der Waals surface area contributed by atoms with Gasteiger partial charge in [-0.15, -0.1) is 0 Å². The highest BCUT2D eigenvalue weighted by Gasteiger charge is 2.26. The summed E-state index contributed by atoms with van der Waals surface area (Å²) in [5.41, 5.74) is 0. The average molecular weight is 213 g/mol. The standard InChI is InChI=1S/C13H27NO/c1-9-5-6-10(2)13(7-9)14-11(3)8-12(4)15/h9-15H,5-8H2,1-4H3. The zero-order chi connectivity index (χ0) is 11.4. The smallest absolute Gasteiger partial charge is 0.0526 e. The van der Waals surface area contributed by atoms with E-state index in [4.69, 9.17) is 0 Å². The topological polar surface area (TPSA) is 32.3 Å². The molecule has 5 atom stereocenters. The Bertz CT molecular complexity index is 181. The molecular formula is C13H27NO. The maximum absolute atomic E-state index is 9.33. The van der Waals surface area contributed by atoms with Gasteiger partial charge in [0.2, 0.25) is 0 Å². The van der Waals surface area contributed by atoms with Crippen molar-refractivity contribution in [3.63, 3.8) is 0 Å². The van der Waals surface area contributed by atoms with Crippen LogP contribution in [0.15, 0.2) is 0 Å². The lowest BCUT2D eigenvalue weighted by Gasteiger charge is -2.35. The minimum atomic E-state index is -0.191. The second kappa shape index (κ2) is 5.86. The van der Waals surface area contributed by atoms with Crippen molar-refractivity contribution in [3.8, 4) is 0 Å². The molecule has 0 bridgehead atoms. The Kier molecular flexibility index (Phi) is 5.07. The predicted octanol–water partition coefficient (Wildman–Crippen LogP) is 2.56. The predicted molar refractivity (Wildman–Crippen MR) is 64.9 cm³/mol. The van der Waals surface area contributed by atoms with Crippen molar-refractivity contribution in [2.45, 2.75) is 71.6 Å². The fraction of sp³-hybridized carbons (Fsp3) is 1.00. The molecule has 0 radical (unpaired) electrons. The maximum atomic E-state index is 9.33. The minimum Gasteiger partial charge on any atom is -0.393 e. The number of hydrogen-bond acceptors (Lipinski definition) is 2. The van der Waals surface area contributed by atoms with E-state index in [9.17, 15) is 5.11 Å². The van der Waals surface area contributed by atoms with Crippen molar-refractivity contribution in [2.75, 3.05) is 0 Å². The molecule has 0 heterocycles. The van der Waals surface area contributed by atoms with E-state index in [-0.39, 0.29) is 6.10 Å². The summed E-state index contributed by atoms with van der Waals surface area (Å²) in [6.45, 7) is 8.74. The molecule has 1 fully saturated rings. The molecule has 0 saturated heterocycles. The van der Waals surface area contributed by atoms with Crippen LogP contribution in [0.25, 0.3) is 0 Å². The van der Waals surface area contributed by atoms with E-state index in [1.54, 1.807) is 0 Å². The van der Waals surface area contributed by atoms with Crippen LogP contribution in [0, 0.1) is 11.8 Å². The Morgan fingerprint density at radius 3 is 2.53 bits per heavy atom. The van der Waals surface area contributed by atoms with Gasteiger partial charge in [-0.2, -0.15) is 0 Å². The van der Waals surface area contributed by atoms with Gasteiger partial charge in [-0.05, 0) is 44.9 Å². The zero-order valence-electron chi connectivity index (χ0n) is 10.7. The summed E-state index contributed by atoms with van der Waals surface area (Å²) in [5.74, 6) is 1.65. The van der Waals surface area contributed by atoms with Gasteiger partial charge in [-0.25, -0.2) is 0 Å². The Hall–Kier alpha value is -0.0800. The molecular weight excluding hydrogens is 186 g/mol. The lowest BCUT2D eigenvalue weighted by molar-refractivity contribution is 0.153. The summed E-state index contributed by atoms with van der Waals surface area (Å²) in [6.07, 6.45) is 4.69. The molecule has 0 aromatic carbocycles. The third-order valence-corrected chi connectivity index (χ3v) is 3.65. The first kappa shape index (κ1) is 13.0. The van der Waals surface area contributed by atoms with Gasteiger partial charge in [0.1, 0.15) is 0 Å². The normalized spacial score (nSPS) is 36.2. The highest BCUT2D eigenvalue weighted by atomic mass is 16.3. The SMILES string of the molecule is CC(O)CC(C)NC1CC(C)CCC1C. The molecule has 1 saturated carbocycles. The minimum absolute atomic E-state index is 0.191. The Morgan fingerprint density at radius 1 is 1.27 bits per heavy atom. The quantitative estimate of drug-likeness (QED) is 0.752. The van der Waals surface area contributed by atoms with Crippen molar-refractivity contribution in [1.29, 1.82) is 0 Å². The number of rotatable bonds is 4. The molecule has 2 nitrogen and oxygen atoms in total. The fourth-order valence-electron chi connectivity index (χ4n) is 2.71. The van der Waals surface area contributed by atoms with E-state index in [1.807, 2.05) is 6.92 Å². The molecule has 0 aromatic heterocycles. The summed E-state index contributed by atoms with van der Waals surface area (Å²) in [6, 6.07) is 1.09. The summed E-state index contributed by atoms with van der Waals surface area (Å²) in [4.78, 5) is 0. The molecule has 1 aliphatic carbocycles. The average Bonchev–Trinajstić information content (AvgIpc) is 2.10. The molecule has 1 aliphatic rings. The molecule has 0 aliphatic heterocycles. The van der Waals surface area contributed by atoms with Crippen LogP contribution in [0.2, 0.25) is 0 Å². The summed E-state index contributed by atoms with van der Waals surface area (Å²) < 4.78 is 0. The van der Waals surface area contributed by atoms with E-state index in [2.05, 4.69) is 26.1 Å². The van der Waals surface area contributed by atoms with E-state index in [1.165, 1.54) is 19.3 Å². The third kappa shape index (κ3) is 4.52. The van der Waals surface area contributed by atoms with Gasteiger partial charge >= 0.3 is 0 Å². The van der Waals surface area contributed by atoms with E-state index >= 15 is 0 Å². The highest BCUT2D eigenvalue weighted by Crippen LogP contribution is 2.28. The second-order valence-electron chi connectivity index (χ2n) is 5.65. The van der Waals surface area contributed by atoms with E-state index < -0.39 is 0 Å². The van der Waals surface area contributed by atoms with Crippen molar-refractivity contribution in [2.24, 2.45) is 11.8 Å². The monoisotopic (exact) mass is 213 g/mol. The lowest BCUT2D eigenvalue weighted by atomic mass is 9.79. The summed E-state index contributed by atoms with van der Waals surface area (Å²) >= 11 is 0. The van der Waals surface area contributed by atoms with Gasteiger partial charge in [0.05, 0.1) is 6.10 Å². The van der Waals surface area contributed by atoms with Crippen molar-refractivity contribution in [3.05, 3.63) is 0 Å². The van der Waals surface area contributed by atoms with Crippen LogP contribution in [-0.4, -0.2) is 23.3 Å².